The number of hydrogen-bond acceptors (Lipinski definition) is 0. The van der Waals surface area contributed by atoms with Crippen LogP contribution in [0.25, 0.3) is 32.3 Å². The zero-order valence-electron chi connectivity index (χ0n) is 11.7. The highest BCUT2D eigenvalue weighted by molar-refractivity contribution is 6.05. The van der Waals surface area contributed by atoms with Crippen LogP contribution in [0.15, 0.2) is 66.7 Å². The number of fused-ring (bicyclic) bond motifs is 3. The molecule has 106 valence electrons. The number of benzene rings is 4. The molecule has 4 aromatic carbocycles. The van der Waals surface area contributed by atoms with Crippen molar-refractivity contribution in [2.75, 3.05) is 0 Å². The first kappa shape index (κ1) is 15.6. The van der Waals surface area contributed by atoms with Crippen molar-refractivity contribution in [1.82, 2.24) is 0 Å². The van der Waals surface area contributed by atoms with Gasteiger partial charge in [-0.1, -0.05) is 42.5 Å². The fourth-order valence-corrected chi connectivity index (χ4v) is 2.87. The standard InChI is InChI=1S/C19H14.2ClH/c1-13-5-4-8-16-11-17-9-14-6-2-3-7-15(14)10-18(17)12-19(13)16;;/h2-12H,1H3;2*1H. The van der Waals surface area contributed by atoms with Crippen molar-refractivity contribution in [3.8, 4) is 0 Å². The van der Waals surface area contributed by atoms with Crippen LogP contribution < -0.4 is 0 Å². The van der Waals surface area contributed by atoms with Crippen LogP contribution in [0.4, 0.5) is 0 Å². The van der Waals surface area contributed by atoms with E-state index < -0.39 is 0 Å². The molecular formula is C19H16Cl2. The Hall–Kier alpha value is -1.76. The number of hydrogen-bond donors (Lipinski definition) is 0. The molecule has 21 heavy (non-hydrogen) atoms. The predicted octanol–water partition coefficient (Wildman–Crippen LogP) is 6.30. The lowest BCUT2D eigenvalue weighted by molar-refractivity contribution is 1.54. The van der Waals surface area contributed by atoms with E-state index >= 15 is 0 Å². The third-order valence-corrected chi connectivity index (χ3v) is 3.92. The zero-order chi connectivity index (χ0) is 12.8. The first-order valence-corrected chi connectivity index (χ1v) is 6.63. The van der Waals surface area contributed by atoms with E-state index in [9.17, 15) is 0 Å². The second kappa shape index (κ2) is 5.93. The maximum Gasteiger partial charge on any atom is -0.0148 e. The molecule has 0 N–H and O–H groups in total. The molecule has 0 aromatic heterocycles. The van der Waals surface area contributed by atoms with Crippen LogP contribution in [0.3, 0.4) is 0 Å². The number of rotatable bonds is 0. The molecule has 0 heterocycles. The van der Waals surface area contributed by atoms with Gasteiger partial charge in [0.1, 0.15) is 0 Å². The minimum atomic E-state index is 0. The Bertz CT molecular complexity index is 926. The second-order valence-electron chi connectivity index (χ2n) is 5.19. The van der Waals surface area contributed by atoms with Gasteiger partial charge in [0.2, 0.25) is 0 Å². The van der Waals surface area contributed by atoms with E-state index in [4.69, 9.17) is 0 Å². The topological polar surface area (TPSA) is 0 Å². The van der Waals surface area contributed by atoms with Crippen molar-refractivity contribution in [1.29, 1.82) is 0 Å². The minimum Gasteiger partial charge on any atom is -0.147 e. The largest absolute Gasteiger partial charge is 0.147 e. The lowest BCUT2D eigenvalue weighted by atomic mass is 9.98. The molecule has 0 saturated heterocycles. The van der Waals surface area contributed by atoms with E-state index in [0.717, 1.165) is 0 Å². The molecule has 0 fully saturated rings. The summed E-state index contributed by atoms with van der Waals surface area (Å²) in [6.45, 7) is 2.18. The fourth-order valence-electron chi connectivity index (χ4n) is 2.87. The fraction of sp³-hybridized carbons (Fsp3) is 0.0526. The third kappa shape index (κ3) is 2.57. The molecule has 0 aliphatic heterocycles. The van der Waals surface area contributed by atoms with Gasteiger partial charge in [-0.25, -0.2) is 0 Å². The molecule has 0 spiro atoms. The molecule has 0 amide bonds. The summed E-state index contributed by atoms with van der Waals surface area (Å²) in [4.78, 5) is 0. The molecular weight excluding hydrogens is 299 g/mol. The molecule has 2 heteroatoms. The van der Waals surface area contributed by atoms with E-state index in [1.165, 1.54) is 37.9 Å². The Balaban J connectivity index is 0.000000807. The summed E-state index contributed by atoms with van der Waals surface area (Å²) in [5, 5.41) is 7.93. The van der Waals surface area contributed by atoms with Crippen molar-refractivity contribution in [3.63, 3.8) is 0 Å². The predicted molar refractivity (Wildman–Crippen MR) is 98.2 cm³/mol. The van der Waals surface area contributed by atoms with E-state index in [1.54, 1.807) is 0 Å². The summed E-state index contributed by atoms with van der Waals surface area (Å²) in [5.74, 6) is 0. The van der Waals surface area contributed by atoms with Crippen molar-refractivity contribution < 1.29 is 0 Å². The van der Waals surface area contributed by atoms with Gasteiger partial charge in [-0.05, 0) is 69.1 Å². The van der Waals surface area contributed by atoms with E-state index in [0.29, 0.717) is 0 Å². The first-order chi connectivity index (χ1) is 9.31. The summed E-state index contributed by atoms with van der Waals surface area (Å²) in [6, 6.07) is 24.2. The molecule has 4 aromatic rings. The molecule has 0 aliphatic carbocycles. The van der Waals surface area contributed by atoms with Crippen LogP contribution in [0.2, 0.25) is 0 Å². The van der Waals surface area contributed by atoms with Gasteiger partial charge in [-0.2, -0.15) is 0 Å². The Morgan fingerprint density at radius 3 is 1.71 bits per heavy atom. The van der Waals surface area contributed by atoms with Gasteiger partial charge in [0.15, 0.2) is 0 Å². The lowest BCUT2D eigenvalue weighted by Crippen LogP contribution is -1.81. The van der Waals surface area contributed by atoms with Crippen LogP contribution in [0.5, 0.6) is 0 Å². The Labute approximate surface area is 136 Å². The summed E-state index contributed by atoms with van der Waals surface area (Å²) >= 11 is 0. The quantitative estimate of drug-likeness (QED) is 0.334. The van der Waals surface area contributed by atoms with Crippen molar-refractivity contribution >= 4 is 57.1 Å². The van der Waals surface area contributed by atoms with Gasteiger partial charge >= 0.3 is 0 Å². The van der Waals surface area contributed by atoms with Crippen molar-refractivity contribution in [2.45, 2.75) is 6.92 Å². The van der Waals surface area contributed by atoms with E-state index in [2.05, 4.69) is 73.7 Å². The third-order valence-electron chi connectivity index (χ3n) is 3.92. The van der Waals surface area contributed by atoms with Crippen LogP contribution in [-0.4, -0.2) is 0 Å². The maximum atomic E-state index is 2.31. The lowest BCUT2D eigenvalue weighted by Gasteiger charge is -2.07. The SMILES string of the molecule is Cc1cccc2cc3cc4ccccc4cc3cc12.Cl.Cl. The van der Waals surface area contributed by atoms with Crippen molar-refractivity contribution in [2.24, 2.45) is 0 Å². The van der Waals surface area contributed by atoms with Crippen LogP contribution in [0.1, 0.15) is 5.56 Å². The summed E-state index contributed by atoms with van der Waals surface area (Å²) in [7, 11) is 0. The maximum absolute atomic E-state index is 2.31. The molecule has 0 aliphatic rings. The molecule has 0 atom stereocenters. The number of halogens is 2. The highest BCUT2D eigenvalue weighted by atomic mass is 35.5. The van der Waals surface area contributed by atoms with Crippen LogP contribution in [-0.2, 0) is 0 Å². The molecule has 0 unspecified atom stereocenters. The Morgan fingerprint density at radius 1 is 0.524 bits per heavy atom. The minimum absolute atomic E-state index is 0. The van der Waals surface area contributed by atoms with E-state index in [1.807, 2.05) is 0 Å². The first-order valence-electron chi connectivity index (χ1n) is 6.63. The van der Waals surface area contributed by atoms with Gasteiger partial charge < -0.3 is 0 Å². The van der Waals surface area contributed by atoms with Gasteiger partial charge in [0.05, 0.1) is 0 Å². The average Bonchev–Trinajstić information content (AvgIpc) is 2.44. The smallest absolute Gasteiger partial charge is 0.0148 e. The molecule has 0 bridgehead atoms. The number of aryl methyl sites for hydroxylation is 1. The van der Waals surface area contributed by atoms with Crippen molar-refractivity contribution in [3.05, 3.63) is 72.3 Å². The van der Waals surface area contributed by atoms with Crippen LogP contribution in [0, 0.1) is 6.92 Å². The van der Waals surface area contributed by atoms with Crippen LogP contribution >= 0.6 is 24.8 Å². The molecule has 0 saturated carbocycles. The van der Waals surface area contributed by atoms with Gasteiger partial charge in [0, 0.05) is 0 Å². The average molecular weight is 315 g/mol. The van der Waals surface area contributed by atoms with Gasteiger partial charge in [-0.15, -0.1) is 24.8 Å². The zero-order valence-corrected chi connectivity index (χ0v) is 13.3. The highest BCUT2D eigenvalue weighted by Crippen LogP contribution is 2.28. The second-order valence-corrected chi connectivity index (χ2v) is 5.19. The van der Waals surface area contributed by atoms with Gasteiger partial charge in [-0.3, -0.25) is 0 Å². The Morgan fingerprint density at radius 2 is 1.05 bits per heavy atom. The molecule has 0 radical (unpaired) electrons. The molecule has 0 nitrogen and oxygen atoms in total. The normalized spacial score (nSPS) is 10.3. The monoisotopic (exact) mass is 314 g/mol. The molecule has 4 rings (SSSR count). The van der Waals surface area contributed by atoms with E-state index in [-0.39, 0.29) is 24.8 Å². The summed E-state index contributed by atoms with van der Waals surface area (Å²) in [5.41, 5.74) is 1.34. The summed E-state index contributed by atoms with van der Waals surface area (Å²) in [6.07, 6.45) is 0. The van der Waals surface area contributed by atoms with Gasteiger partial charge in [0.25, 0.3) is 0 Å². The summed E-state index contributed by atoms with van der Waals surface area (Å²) < 4.78 is 0. The Kier molecular flexibility index (Phi) is 4.41. The highest BCUT2D eigenvalue weighted by Gasteiger charge is 2.02.